The minimum absolute atomic E-state index is 0.123. The van der Waals surface area contributed by atoms with Crippen molar-refractivity contribution in [3.05, 3.63) is 53.6 Å². The molecule has 1 amide bonds. The third-order valence-corrected chi connectivity index (χ3v) is 5.74. The Morgan fingerprint density at radius 2 is 1.96 bits per heavy atom. The highest BCUT2D eigenvalue weighted by Crippen LogP contribution is 2.31. The fraction of sp³-hybridized carbons (Fsp3) is 0.167. The molecule has 140 valence electrons. The summed E-state index contributed by atoms with van der Waals surface area (Å²) in [6, 6.07) is 14.6. The second-order valence-electron chi connectivity index (χ2n) is 5.49. The Kier molecular flexibility index (Phi) is 6.54. The number of benzene rings is 2. The first-order chi connectivity index (χ1) is 13.0. The molecule has 0 spiro atoms. The monoisotopic (exact) mass is 420 g/mol. The molecule has 0 fully saturated rings. The van der Waals surface area contributed by atoms with Crippen molar-refractivity contribution in [3.8, 4) is 5.75 Å². The molecule has 6 nitrogen and oxygen atoms in total. The molecule has 1 atom stereocenters. The van der Waals surface area contributed by atoms with E-state index in [4.69, 9.17) is 16.3 Å². The number of methoxy groups -OCH3 is 1. The van der Waals surface area contributed by atoms with E-state index in [1.165, 1.54) is 23.1 Å². The predicted molar refractivity (Wildman–Crippen MR) is 112 cm³/mol. The second-order valence-corrected chi connectivity index (χ2v) is 8.49. The van der Waals surface area contributed by atoms with Crippen LogP contribution in [0.2, 0.25) is 5.02 Å². The average Bonchev–Trinajstić information content (AvgIpc) is 3.09. The van der Waals surface area contributed by atoms with Gasteiger partial charge in [0.25, 0.3) is 0 Å². The second kappa shape index (κ2) is 9.07. The molecule has 0 saturated heterocycles. The van der Waals surface area contributed by atoms with E-state index in [2.05, 4.69) is 20.8 Å². The molecule has 1 aromatic heterocycles. The Bertz CT molecular complexity index is 918. The summed E-state index contributed by atoms with van der Waals surface area (Å²) in [5.74, 6) is 0.663. The van der Waals surface area contributed by atoms with Gasteiger partial charge in [0.15, 0.2) is 4.34 Å². The number of carbonyl (C=O) groups is 1. The van der Waals surface area contributed by atoms with E-state index < -0.39 is 0 Å². The van der Waals surface area contributed by atoms with E-state index in [-0.39, 0.29) is 11.2 Å². The number of aromatic nitrogens is 2. The van der Waals surface area contributed by atoms with Crippen LogP contribution in [-0.4, -0.2) is 28.5 Å². The maximum Gasteiger partial charge on any atom is 0.237 e. The normalized spacial score (nSPS) is 11.7. The molecule has 0 aliphatic heterocycles. The number of thioether (sulfide) groups is 1. The zero-order chi connectivity index (χ0) is 19.2. The molecule has 1 unspecified atom stereocenters. The van der Waals surface area contributed by atoms with Crippen LogP contribution in [0.4, 0.5) is 16.5 Å². The minimum Gasteiger partial charge on any atom is -0.497 e. The number of amides is 1. The summed E-state index contributed by atoms with van der Waals surface area (Å²) >= 11 is 8.68. The van der Waals surface area contributed by atoms with Gasteiger partial charge in [-0.25, -0.2) is 0 Å². The fourth-order valence-corrected chi connectivity index (χ4v) is 4.23. The van der Waals surface area contributed by atoms with Crippen LogP contribution in [0.25, 0.3) is 0 Å². The van der Waals surface area contributed by atoms with E-state index in [1.807, 2.05) is 31.2 Å². The van der Waals surface area contributed by atoms with Crippen LogP contribution >= 0.6 is 34.7 Å². The van der Waals surface area contributed by atoms with Gasteiger partial charge in [0.05, 0.1) is 12.4 Å². The summed E-state index contributed by atoms with van der Waals surface area (Å²) in [5.41, 5.74) is 1.55. The Morgan fingerprint density at radius 1 is 1.19 bits per heavy atom. The van der Waals surface area contributed by atoms with Crippen LogP contribution < -0.4 is 15.4 Å². The smallest absolute Gasteiger partial charge is 0.237 e. The number of rotatable bonds is 7. The number of hydrogen-bond acceptors (Lipinski definition) is 7. The van der Waals surface area contributed by atoms with Gasteiger partial charge in [-0.15, -0.1) is 10.2 Å². The maximum atomic E-state index is 12.3. The number of ether oxygens (including phenoxy) is 1. The Balaban J connectivity index is 1.56. The summed E-state index contributed by atoms with van der Waals surface area (Å²) in [6.07, 6.45) is 0. The van der Waals surface area contributed by atoms with Crippen molar-refractivity contribution in [2.24, 2.45) is 0 Å². The number of nitrogens with one attached hydrogen (secondary N) is 2. The highest BCUT2D eigenvalue weighted by Gasteiger charge is 2.17. The summed E-state index contributed by atoms with van der Waals surface area (Å²) in [6.45, 7) is 1.82. The molecule has 3 rings (SSSR count). The molecule has 27 heavy (non-hydrogen) atoms. The zero-order valence-electron chi connectivity index (χ0n) is 14.6. The molecule has 0 saturated carbocycles. The number of anilines is 3. The van der Waals surface area contributed by atoms with E-state index >= 15 is 0 Å². The van der Waals surface area contributed by atoms with Crippen molar-refractivity contribution in [1.29, 1.82) is 0 Å². The lowest BCUT2D eigenvalue weighted by atomic mass is 10.3. The molecule has 0 aliphatic rings. The lowest BCUT2D eigenvalue weighted by molar-refractivity contribution is -0.115. The SMILES string of the molecule is COc1ccc(Nc2nnc(SC(C)C(=O)Nc3cccc(Cl)c3)s2)cc1. The van der Waals surface area contributed by atoms with Crippen molar-refractivity contribution in [2.75, 3.05) is 17.7 Å². The van der Waals surface area contributed by atoms with E-state index in [0.29, 0.717) is 20.2 Å². The number of nitrogens with zero attached hydrogens (tertiary/aromatic N) is 2. The van der Waals surface area contributed by atoms with Crippen LogP contribution in [0.1, 0.15) is 6.92 Å². The van der Waals surface area contributed by atoms with Gasteiger partial charge in [0, 0.05) is 16.4 Å². The van der Waals surface area contributed by atoms with Gasteiger partial charge in [-0.05, 0) is 49.4 Å². The quantitative estimate of drug-likeness (QED) is 0.520. The summed E-state index contributed by atoms with van der Waals surface area (Å²) in [7, 11) is 1.63. The van der Waals surface area contributed by atoms with E-state index in [9.17, 15) is 4.79 Å². The van der Waals surface area contributed by atoms with Crippen molar-refractivity contribution in [3.63, 3.8) is 0 Å². The fourth-order valence-electron chi connectivity index (χ4n) is 2.12. The van der Waals surface area contributed by atoms with Gasteiger partial charge >= 0.3 is 0 Å². The van der Waals surface area contributed by atoms with Crippen LogP contribution in [0, 0.1) is 0 Å². The van der Waals surface area contributed by atoms with Crippen LogP contribution in [-0.2, 0) is 4.79 Å². The van der Waals surface area contributed by atoms with Gasteiger partial charge in [0.2, 0.25) is 11.0 Å². The standard InChI is InChI=1S/C18H17ClN4O2S2/c1-11(16(24)20-14-5-3-4-12(19)10-14)26-18-23-22-17(27-18)21-13-6-8-15(25-2)9-7-13/h3-11H,1-2H3,(H,20,24)(H,21,22). The van der Waals surface area contributed by atoms with Crippen molar-refractivity contribution in [1.82, 2.24) is 10.2 Å². The molecule has 1 heterocycles. The summed E-state index contributed by atoms with van der Waals surface area (Å²) in [5, 5.41) is 15.2. The number of carbonyl (C=O) groups excluding carboxylic acids is 1. The predicted octanol–water partition coefficient (Wildman–Crippen LogP) is 5.06. The van der Waals surface area contributed by atoms with Gasteiger partial charge in [0.1, 0.15) is 5.75 Å². The first kappa shape index (κ1) is 19.5. The molecule has 9 heteroatoms. The van der Waals surface area contributed by atoms with E-state index in [0.717, 1.165) is 11.4 Å². The third-order valence-electron chi connectivity index (χ3n) is 3.49. The highest BCUT2D eigenvalue weighted by molar-refractivity contribution is 8.02. The van der Waals surface area contributed by atoms with Crippen molar-refractivity contribution < 1.29 is 9.53 Å². The van der Waals surface area contributed by atoms with Crippen LogP contribution in [0.5, 0.6) is 5.75 Å². The lowest BCUT2D eigenvalue weighted by Crippen LogP contribution is -2.22. The van der Waals surface area contributed by atoms with Crippen LogP contribution in [0.3, 0.4) is 0 Å². The van der Waals surface area contributed by atoms with Gasteiger partial charge in [-0.2, -0.15) is 0 Å². The highest BCUT2D eigenvalue weighted by atomic mass is 35.5. The average molecular weight is 421 g/mol. The topological polar surface area (TPSA) is 76.1 Å². The van der Waals surface area contributed by atoms with Crippen molar-refractivity contribution in [2.45, 2.75) is 16.5 Å². The zero-order valence-corrected chi connectivity index (χ0v) is 17.0. The van der Waals surface area contributed by atoms with Gasteiger partial charge < -0.3 is 15.4 Å². The first-order valence-electron chi connectivity index (χ1n) is 8.01. The lowest BCUT2D eigenvalue weighted by Gasteiger charge is -2.10. The first-order valence-corrected chi connectivity index (χ1v) is 10.1. The molecule has 2 aromatic carbocycles. The Morgan fingerprint density at radius 3 is 2.67 bits per heavy atom. The minimum atomic E-state index is -0.328. The number of halogens is 1. The van der Waals surface area contributed by atoms with Gasteiger partial charge in [-0.1, -0.05) is 40.8 Å². The molecule has 3 aromatic rings. The summed E-state index contributed by atoms with van der Waals surface area (Å²) in [4.78, 5) is 12.3. The van der Waals surface area contributed by atoms with Crippen molar-refractivity contribution >= 4 is 57.1 Å². The Labute approximate surface area is 170 Å². The Hall–Kier alpha value is -2.29. The van der Waals surface area contributed by atoms with Crippen LogP contribution in [0.15, 0.2) is 52.9 Å². The summed E-state index contributed by atoms with van der Waals surface area (Å²) < 4.78 is 5.85. The van der Waals surface area contributed by atoms with E-state index in [1.54, 1.807) is 31.4 Å². The van der Waals surface area contributed by atoms with Gasteiger partial charge in [-0.3, -0.25) is 4.79 Å². The molecule has 0 radical (unpaired) electrons. The molecule has 2 N–H and O–H groups in total. The molecule has 0 bridgehead atoms. The number of hydrogen-bond donors (Lipinski definition) is 2. The largest absolute Gasteiger partial charge is 0.497 e. The molecule has 0 aliphatic carbocycles. The third kappa shape index (κ3) is 5.59. The molecular weight excluding hydrogens is 404 g/mol. The molecular formula is C18H17ClN4O2S2. The maximum absolute atomic E-state index is 12.3.